The number of hydrazine groups is 1. The van der Waals surface area contributed by atoms with Gasteiger partial charge in [-0.05, 0) is 72.1 Å². The van der Waals surface area contributed by atoms with Crippen LogP contribution in [0.5, 0.6) is 0 Å². The van der Waals surface area contributed by atoms with E-state index >= 15 is 0 Å². The Morgan fingerprint density at radius 3 is 1.98 bits per heavy atom. The molecule has 4 fully saturated rings. The summed E-state index contributed by atoms with van der Waals surface area (Å²) in [5, 5.41) is 4.18. The number of imidazole rings is 2. The number of ether oxygens (including phenoxy) is 1. The predicted molar refractivity (Wildman–Crippen MR) is 196 cm³/mol. The number of hydrogen-bond acceptors (Lipinski definition) is 7. The molecule has 4 heterocycles. The van der Waals surface area contributed by atoms with Crippen molar-refractivity contribution < 1.29 is 23.9 Å². The minimum atomic E-state index is -0.680. The number of H-pyrrole nitrogens is 2. The zero-order chi connectivity index (χ0) is 36.8. The summed E-state index contributed by atoms with van der Waals surface area (Å²) in [6.07, 6.45) is 8.10. The minimum Gasteiger partial charge on any atom is -0.453 e. The Kier molecular flexibility index (Phi) is 9.25. The number of nitrogens with one attached hydrogen (secondary N) is 4. The van der Waals surface area contributed by atoms with Crippen LogP contribution in [0.3, 0.4) is 0 Å². The summed E-state index contributed by atoms with van der Waals surface area (Å²) in [5.41, 5.74) is 8.83. The number of alkyl carbamates (subject to hydrolysis) is 1. The van der Waals surface area contributed by atoms with Crippen molar-refractivity contribution in [2.45, 2.75) is 70.4 Å². The van der Waals surface area contributed by atoms with Gasteiger partial charge in [-0.3, -0.25) is 24.8 Å². The number of methoxy groups -OCH3 is 1. The molecule has 276 valence electrons. The Bertz CT molecular complexity index is 2000. The lowest BCUT2D eigenvalue weighted by atomic mass is 9.46. The van der Waals surface area contributed by atoms with Crippen LogP contribution in [-0.4, -0.2) is 79.9 Å². The molecule has 0 radical (unpaired) electrons. The highest BCUT2D eigenvalue weighted by Gasteiger charge is 2.60. The number of amides is 4. The van der Waals surface area contributed by atoms with E-state index in [-0.39, 0.29) is 41.5 Å². The molecule has 6 atom stereocenters. The van der Waals surface area contributed by atoms with Crippen molar-refractivity contribution in [3.63, 3.8) is 0 Å². The summed E-state index contributed by atoms with van der Waals surface area (Å²) in [6.45, 7) is 4.99. The molecule has 2 aliphatic heterocycles. The number of fused-ring (bicyclic) bond motifs is 1. The van der Waals surface area contributed by atoms with Crippen LogP contribution in [0, 0.1) is 23.7 Å². The van der Waals surface area contributed by atoms with Crippen molar-refractivity contribution in [3.8, 4) is 33.6 Å². The van der Waals surface area contributed by atoms with Gasteiger partial charge in [0.15, 0.2) is 0 Å². The number of aromatic amines is 2. The van der Waals surface area contributed by atoms with Gasteiger partial charge in [0.25, 0.3) is 0 Å². The number of rotatable bonds is 10. The highest BCUT2D eigenvalue weighted by atomic mass is 16.5. The van der Waals surface area contributed by atoms with Gasteiger partial charge in [0, 0.05) is 25.4 Å². The molecule has 0 spiro atoms. The lowest BCUT2D eigenvalue weighted by Crippen LogP contribution is -2.59. The fourth-order valence-electron chi connectivity index (χ4n) is 8.72. The average Bonchev–Trinajstić information content (AvgIpc) is 3.99. The second-order valence-corrected chi connectivity index (χ2v) is 15.1. The first-order valence-electron chi connectivity index (χ1n) is 18.8. The molecule has 2 aromatic heterocycles. The number of carbonyl (C=O) groups is 4. The normalized spacial score (nSPS) is 24.0. The number of aromatic nitrogens is 4. The first kappa shape index (κ1) is 34.6. The van der Waals surface area contributed by atoms with Gasteiger partial charge in [0.05, 0.1) is 42.9 Å². The van der Waals surface area contributed by atoms with Crippen molar-refractivity contribution in [2.75, 3.05) is 20.2 Å². The molecular formula is C40H46N8O5. The van der Waals surface area contributed by atoms with Crippen LogP contribution in [0.15, 0.2) is 60.9 Å². The topological polar surface area (TPSA) is 165 Å². The van der Waals surface area contributed by atoms with Gasteiger partial charge in [0.1, 0.15) is 17.7 Å². The standard InChI is InChI=1S/C40H46N8O5/c1-22(2)35(45-40(52)53-3)39(51)47-18-4-6-31(47)36-41-20-29(43-36)25-12-8-23(9-13-25)24-10-14-26(15-11-24)30-21-42-37(44-30)33-27-16-17-28(27)34(33)38(50)46-48-19-5-7-32(48)49/h8-15,20-22,27-28,31,33-35H,4-7,16-19H2,1-3H3,(H,41,43)(H,42,44)(H,45,52)(H,46,50)/t27?,28-,31+,33-,34-,35+/m1/s1. The Labute approximate surface area is 308 Å². The van der Waals surface area contributed by atoms with E-state index in [1.54, 1.807) is 0 Å². The molecule has 0 bridgehead atoms. The summed E-state index contributed by atoms with van der Waals surface area (Å²) in [5.74, 6) is 1.96. The van der Waals surface area contributed by atoms with Gasteiger partial charge in [-0.2, -0.15) is 0 Å². The zero-order valence-electron chi connectivity index (χ0n) is 30.3. The fourth-order valence-corrected chi connectivity index (χ4v) is 8.72. The molecule has 4 N–H and O–H groups in total. The molecule has 8 rings (SSSR count). The summed E-state index contributed by atoms with van der Waals surface area (Å²) in [4.78, 5) is 69.0. The van der Waals surface area contributed by atoms with Gasteiger partial charge in [-0.15, -0.1) is 0 Å². The number of hydrogen-bond donors (Lipinski definition) is 4. The highest BCUT2D eigenvalue weighted by molar-refractivity contribution is 5.87. The van der Waals surface area contributed by atoms with Crippen molar-refractivity contribution in [3.05, 3.63) is 72.6 Å². The summed E-state index contributed by atoms with van der Waals surface area (Å²) in [6, 6.07) is 15.8. The van der Waals surface area contributed by atoms with E-state index in [9.17, 15) is 19.2 Å². The predicted octanol–water partition coefficient (Wildman–Crippen LogP) is 5.57. The summed E-state index contributed by atoms with van der Waals surface area (Å²) >= 11 is 0. The Morgan fingerprint density at radius 2 is 1.42 bits per heavy atom. The average molecular weight is 719 g/mol. The van der Waals surface area contributed by atoms with Gasteiger partial charge in [-0.1, -0.05) is 62.4 Å². The van der Waals surface area contributed by atoms with E-state index in [1.807, 2.05) is 31.1 Å². The van der Waals surface area contributed by atoms with Crippen LogP contribution in [0.2, 0.25) is 0 Å². The van der Waals surface area contributed by atoms with E-state index in [0.717, 1.165) is 77.4 Å². The molecule has 2 saturated carbocycles. The van der Waals surface area contributed by atoms with E-state index in [0.29, 0.717) is 31.3 Å². The zero-order valence-corrected chi connectivity index (χ0v) is 30.3. The molecule has 2 aromatic carbocycles. The lowest BCUT2D eigenvalue weighted by molar-refractivity contribution is -0.154. The Morgan fingerprint density at radius 1 is 0.811 bits per heavy atom. The third-order valence-corrected chi connectivity index (χ3v) is 11.8. The van der Waals surface area contributed by atoms with Crippen LogP contribution in [0.25, 0.3) is 33.6 Å². The third kappa shape index (κ3) is 6.46. The van der Waals surface area contributed by atoms with Crippen LogP contribution < -0.4 is 10.7 Å². The fraction of sp³-hybridized carbons (Fsp3) is 0.450. The van der Waals surface area contributed by atoms with Crippen molar-refractivity contribution in [1.82, 2.24) is 40.6 Å². The van der Waals surface area contributed by atoms with Gasteiger partial charge >= 0.3 is 6.09 Å². The van der Waals surface area contributed by atoms with Crippen molar-refractivity contribution >= 4 is 23.8 Å². The van der Waals surface area contributed by atoms with E-state index in [1.165, 1.54) is 12.1 Å². The third-order valence-electron chi connectivity index (χ3n) is 11.8. The molecule has 53 heavy (non-hydrogen) atoms. The Balaban J connectivity index is 0.915. The first-order chi connectivity index (χ1) is 25.7. The summed E-state index contributed by atoms with van der Waals surface area (Å²) in [7, 11) is 1.29. The first-order valence-corrected chi connectivity index (χ1v) is 18.8. The van der Waals surface area contributed by atoms with Crippen molar-refractivity contribution in [1.29, 1.82) is 0 Å². The summed E-state index contributed by atoms with van der Waals surface area (Å²) < 4.78 is 4.75. The van der Waals surface area contributed by atoms with E-state index < -0.39 is 12.1 Å². The van der Waals surface area contributed by atoms with Crippen LogP contribution >= 0.6 is 0 Å². The molecule has 13 nitrogen and oxygen atoms in total. The smallest absolute Gasteiger partial charge is 0.407 e. The number of nitrogens with zero attached hydrogens (tertiary/aromatic N) is 4. The van der Waals surface area contributed by atoms with Crippen LogP contribution in [0.1, 0.15) is 76.0 Å². The number of carbonyl (C=O) groups excluding carboxylic acids is 4. The second-order valence-electron chi connectivity index (χ2n) is 15.1. The maximum atomic E-state index is 13.5. The molecule has 4 aromatic rings. The molecule has 13 heteroatoms. The molecule has 4 aliphatic rings. The monoisotopic (exact) mass is 718 g/mol. The van der Waals surface area contributed by atoms with Gasteiger partial charge < -0.3 is 24.9 Å². The number of benzene rings is 2. The number of likely N-dealkylation sites (tertiary alicyclic amines) is 1. The molecule has 2 saturated heterocycles. The SMILES string of the molecule is COC(=O)N[C@H](C(=O)N1CCC[C@H]1c1ncc(-c2ccc(-c3ccc(-c4cnc([C@@H]5C6CC[C@H]6[C@H]5C(=O)NN5CCCC5=O)[nH]4)cc3)cc2)[nH]1)C(C)C. The van der Waals surface area contributed by atoms with Crippen LogP contribution in [-0.2, 0) is 19.1 Å². The van der Waals surface area contributed by atoms with Gasteiger partial charge in [-0.25, -0.2) is 14.8 Å². The molecule has 1 unspecified atom stereocenters. The minimum absolute atomic E-state index is 0.0125. The van der Waals surface area contributed by atoms with E-state index in [2.05, 4.69) is 74.2 Å². The Hall–Kier alpha value is -5.46. The lowest BCUT2D eigenvalue weighted by Gasteiger charge is -2.57. The van der Waals surface area contributed by atoms with Crippen LogP contribution in [0.4, 0.5) is 4.79 Å². The van der Waals surface area contributed by atoms with Crippen molar-refractivity contribution in [2.24, 2.45) is 23.7 Å². The maximum Gasteiger partial charge on any atom is 0.407 e. The molecule has 4 amide bonds. The van der Waals surface area contributed by atoms with Gasteiger partial charge in [0.2, 0.25) is 17.7 Å². The molecular weight excluding hydrogens is 672 g/mol. The second kappa shape index (κ2) is 14.2. The van der Waals surface area contributed by atoms with E-state index in [4.69, 9.17) is 9.72 Å². The maximum absolute atomic E-state index is 13.5. The highest BCUT2D eigenvalue weighted by Crippen LogP contribution is 2.62. The largest absolute Gasteiger partial charge is 0.453 e. The molecule has 2 aliphatic carbocycles. The quantitative estimate of drug-likeness (QED) is 0.166.